The van der Waals surface area contributed by atoms with E-state index in [1.54, 1.807) is 0 Å². The van der Waals surface area contributed by atoms with Gasteiger partial charge in [-0.15, -0.1) is 0 Å². The van der Waals surface area contributed by atoms with Crippen molar-refractivity contribution in [3.63, 3.8) is 0 Å². The van der Waals surface area contributed by atoms with Gasteiger partial charge in [-0.1, -0.05) is 41.9 Å². The summed E-state index contributed by atoms with van der Waals surface area (Å²) in [5.41, 5.74) is 3.50. The molecule has 0 saturated carbocycles. The molecule has 64 valence electrons. The summed E-state index contributed by atoms with van der Waals surface area (Å²) in [5.74, 6) is 0. The molecule has 0 fully saturated rings. The molecule has 1 aromatic rings. The number of hydrogen-bond donors (Lipinski definition) is 0. The fourth-order valence-electron chi connectivity index (χ4n) is 2.02. The molecular weight excluding hydrogens is 212 g/mol. The monoisotopic (exact) mass is 224 g/mol. The van der Waals surface area contributed by atoms with Crippen LogP contribution in [0.15, 0.2) is 22.7 Å². The molecule has 0 heterocycles. The minimum absolute atomic E-state index is 0.464. The van der Waals surface area contributed by atoms with Gasteiger partial charge < -0.3 is 0 Å². The van der Waals surface area contributed by atoms with Crippen LogP contribution in [0.4, 0.5) is 0 Å². The lowest BCUT2D eigenvalue weighted by atomic mass is 9.90. The minimum Gasteiger partial charge on any atom is -0.0609 e. The molecule has 2 rings (SSSR count). The van der Waals surface area contributed by atoms with Gasteiger partial charge in [-0.3, -0.25) is 0 Å². The number of halogens is 1. The summed E-state index contributed by atoms with van der Waals surface area (Å²) < 4.78 is 1.28. The number of hydrogen-bond acceptors (Lipinski definition) is 0. The topological polar surface area (TPSA) is 0 Å². The van der Waals surface area contributed by atoms with Gasteiger partial charge in [-0.2, -0.15) is 0 Å². The van der Waals surface area contributed by atoms with Crippen LogP contribution in [-0.4, -0.2) is 0 Å². The van der Waals surface area contributed by atoms with Crippen molar-refractivity contribution in [1.82, 2.24) is 0 Å². The Morgan fingerprint density at radius 1 is 1.25 bits per heavy atom. The van der Waals surface area contributed by atoms with Crippen LogP contribution in [0.1, 0.15) is 25.0 Å². The van der Waals surface area contributed by atoms with Crippen molar-refractivity contribution in [2.75, 3.05) is 0 Å². The van der Waals surface area contributed by atoms with E-state index in [1.165, 1.54) is 28.4 Å². The highest BCUT2D eigenvalue weighted by Crippen LogP contribution is 2.39. The lowest BCUT2D eigenvalue weighted by Crippen LogP contribution is -2.09. The van der Waals surface area contributed by atoms with Gasteiger partial charge in [-0.25, -0.2) is 0 Å². The Bertz CT molecular complexity index is 313. The number of benzene rings is 1. The van der Waals surface area contributed by atoms with Crippen molar-refractivity contribution in [2.24, 2.45) is 5.41 Å². The molecule has 1 aromatic carbocycles. The summed E-state index contributed by atoms with van der Waals surface area (Å²) in [6, 6.07) is 6.51. The van der Waals surface area contributed by atoms with Crippen LogP contribution in [0.2, 0.25) is 0 Å². The maximum absolute atomic E-state index is 3.60. The molecular formula is C11H13Br. The predicted molar refractivity (Wildman–Crippen MR) is 55.3 cm³/mol. The molecule has 0 radical (unpaired) electrons. The Morgan fingerprint density at radius 3 is 2.67 bits per heavy atom. The third-order valence-electron chi connectivity index (χ3n) is 2.54. The van der Waals surface area contributed by atoms with E-state index in [0.29, 0.717) is 5.41 Å². The highest BCUT2D eigenvalue weighted by molar-refractivity contribution is 9.10. The first kappa shape index (κ1) is 8.31. The molecule has 0 aliphatic heterocycles. The summed E-state index contributed by atoms with van der Waals surface area (Å²) in [6.45, 7) is 4.67. The van der Waals surface area contributed by atoms with Crippen molar-refractivity contribution in [3.05, 3.63) is 33.8 Å². The molecule has 0 N–H and O–H groups in total. The van der Waals surface area contributed by atoms with Crippen molar-refractivity contribution < 1.29 is 0 Å². The smallest absolute Gasteiger partial charge is 0.0210 e. The summed E-state index contributed by atoms with van der Waals surface area (Å²) in [7, 11) is 0. The molecule has 1 heteroatoms. The summed E-state index contributed by atoms with van der Waals surface area (Å²) in [4.78, 5) is 0. The summed E-state index contributed by atoms with van der Waals surface area (Å²) in [5, 5.41) is 0. The van der Waals surface area contributed by atoms with Crippen LogP contribution in [0.25, 0.3) is 0 Å². The van der Waals surface area contributed by atoms with Gasteiger partial charge >= 0.3 is 0 Å². The first-order valence-corrected chi connectivity index (χ1v) is 5.14. The lowest BCUT2D eigenvalue weighted by molar-refractivity contribution is 0.392. The normalized spacial score (nSPS) is 19.2. The second-order valence-corrected chi connectivity index (χ2v) is 5.25. The molecule has 0 atom stereocenters. The van der Waals surface area contributed by atoms with Gasteiger partial charge in [0.25, 0.3) is 0 Å². The van der Waals surface area contributed by atoms with Gasteiger partial charge in [0, 0.05) is 4.47 Å². The summed E-state index contributed by atoms with van der Waals surface area (Å²) >= 11 is 3.60. The van der Waals surface area contributed by atoms with E-state index in [4.69, 9.17) is 0 Å². The standard InChI is InChI=1S/C11H13Br/c1-11(2)6-8-4-3-5-10(12)9(8)7-11/h3-5H,6-7H2,1-2H3. The highest BCUT2D eigenvalue weighted by Gasteiger charge is 2.29. The van der Waals surface area contributed by atoms with Gasteiger partial charge in [0.15, 0.2) is 0 Å². The largest absolute Gasteiger partial charge is 0.0609 e. The van der Waals surface area contributed by atoms with Crippen LogP contribution in [0, 0.1) is 5.41 Å². The first-order chi connectivity index (χ1) is 5.58. The Labute approximate surface area is 82.1 Å². The third-order valence-corrected chi connectivity index (χ3v) is 3.28. The average molecular weight is 225 g/mol. The van der Waals surface area contributed by atoms with E-state index in [0.717, 1.165) is 0 Å². The molecule has 0 unspecified atom stereocenters. The average Bonchev–Trinajstić information content (AvgIpc) is 2.25. The van der Waals surface area contributed by atoms with Crippen molar-refractivity contribution in [2.45, 2.75) is 26.7 Å². The number of rotatable bonds is 0. The van der Waals surface area contributed by atoms with Gasteiger partial charge in [0.05, 0.1) is 0 Å². The Kier molecular flexibility index (Phi) is 1.80. The van der Waals surface area contributed by atoms with E-state index in [-0.39, 0.29) is 0 Å². The molecule has 0 saturated heterocycles. The highest BCUT2D eigenvalue weighted by atomic mass is 79.9. The van der Waals surface area contributed by atoms with Crippen LogP contribution >= 0.6 is 15.9 Å². The van der Waals surface area contributed by atoms with Gasteiger partial charge in [0.1, 0.15) is 0 Å². The molecule has 0 spiro atoms. The van der Waals surface area contributed by atoms with Crippen LogP contribution in [0.3, 0.4) is 0 Å². The fraction of sp³-hybridized carbons (Fsp3) is 0.455. The summed E-state index contributed by atoms with van der Waals surface area (Å²) in [6.07, 6.45) is 2.44. The molecule has 0 amide bonds. The van der Waals surface area contributed by atoms with Crippen LogP contribution in [0.5, 0.6) is 0 Å². The Morgan fingerprint density at radius 2 is 2.00 bits per heavy atom. The quantitative estimate of drug-likeness (QED) is 0.633. The van der Waals surface area contributed by atoms with Crippen LogP contribution < -0.4 is 0 Å². The van der Waals surface area contributed by atoms with Gasteiger partial charge in [-0.05, 0) is 35.4 Å². The Hall–Kier alpha value is -0.300. The lowest BCUT2D eigenvalue weighted by Gasteiger charge is -2.14. The molecule has 1 aliphatic carbocycles. The van der Waals surface area contributed by atoms with Crippen LogP contribution in [-0.2, 0) is 12.8 Å². The second kappa shape index (κ2) is 2.59. The van der Waals surface area contributed by atoms with Crippen molar-refractivity contribution in [1.29, 1.82) is 0 Å². The minimum atomic E-state index is 0.464. The van der Waals surface area contributed by atoms with Crippen molar-refractivity contribution in [3.8, 4) is 0 Å². The zero-order valence-electron chi connectivity index (χ0n) is 7.52. The molecule has 12 heavy (non-hydrogen) atoms. The zero-order valence-corrected chi connectivity index (χ0v) is 9.11. The third kappa shape index (κ3) is 1.31. The van der Waals surface area contributed by atoms with Crippen molar-refractivity contribution >= 4 is 15.9 Å². The maximum Gasteiger partial charge on any atom is 0.0210 e. The predicted octanol–water partition coefficient (Wildman–Crippen LogP) is 3.57. The second-order valence-electron chi connectivity index (χ2n) is 4.40. The number of fused-ring (bicyclic) bond motifs is 1. The SMILES string of the molecule is CC1(C)Cc2cccc(Br)c2C1. The van der Waals surface area contributed by atoms with E-state index < -0.39 is 0 Å². The molecule has 0 bridgehead atoms. The zero-order chi connectivity index (χ0) is 8.77. The maximum atomic E-state index is 3.60. The molecule has 1 aliphatic rings. The van der Waals surface area contributed by atoms with E-state index in [1.807, 2.05) is 0 Å². The van der Waals surface area contributed by atoms with E-state index >= 15 is 0 Å². The molecule has 0 aromatic heterocycles. The Balaban J connectivity index is 2.48. The fourth-order valence-corrected chi connectivity index (χ4v) is 2.57. The first-order valence-electron chi connectivity index (χ1n) is 4.35. The van der Waals surface area contributed by atoms with E-state index in [2.05, 4.69) is 48.0 Å². The van der Waals surface area contributed by atoms with Gasteiger partial charge in [0.2, 0.25) is 0 Å². The molecule has 0 nitrogen and oxygen atoms in total. The van der Waals surface area contributed by atoms with E-state index in [9.17, 15) is 0 Å².